The van der Waals surface area contributed by atoms with Gasteiger partial charge in [-0.3, -0.25) is 19.3 Å². The van der Waals surface area contributed by atoms with Crippen LogP contribution in [0.5, 0.6) is 0 Å². The van der Waals surface area contributed by atoms with Crippen LogP contribution in [-0.2, 0) is 9.59 Å². The van der Waals surface area contributed by atoms with Crippen LogP contribution in [0.25, 0.3) is 0 Å². The third kappa shape index (κ3) is 2.66. The number of halogens is 1. The molecule has 3 fully saturated rings. The summed E-state index contributed by atoms with van der Waals surface area (Å²) in [5.74, 6) is -2.33. The predicted molar refractivity (Wildman–Crippen MR) is 105 cm³/mol. The number of Topliss-reactive ketones (excluding diaryl/α,β-unsaturated/α-hetero) is 1. The number of ketones is 1. The fourth-order valence-corrected chi connectivity index (χ4v) is 5.25. The Morgan fingerprint density at radius 1 is 0.966 bits per heavy atom. The minimum atomic E-state index is -0.688. The number of benzene rings is 2. The second-order valence-corrected chi connectivity index (χ2v) is 8.16. The van der Waals surface area contributed by atoms with Crippen molar-refractivity contribution in [3.05, 3.63) is 65.5 Å². The molecule has 2 aromatic rings. The minimum Gasteiger partial charge on any atom is -0.292 e. The molecule has 0 unspecified atom stereocenters. The Morgan fingerprint density at radius 3 is 2.31 bits per heavy atom. The van der Waals surface area contributed by atoms with Crippen LogP contribution in [0.15, 0.2) is 48.5 Å². The fourth-order valence-electron chi connectivity index (χ4n) is 5.25. The molecule has 0 saturated carbocycles. The molecule has 0 radical (unpaired) electrons. The average molecular weight is 392 g/mol. The highest BCUT2D eigenvalue weighted by Crippen LogP contribution is 2.48. The molecular formula is C23H21FN2O3. The average Bonchev–Trinajstić information content (AvgIpc) is 3.35. The van der Waals surface area contributed by atoms with E-state index in [4.69, 9.17) is 0 Å². The van der Waals surface area contributed by atoms with Gasteiger partial charge in [-0.1, -0.05) is 17.7 Å². The Kier molecular flexibility index (Phi) is 4.13. The van der Waals surface area contributed by atoms with Crippen LogP contribution in [-0.4, -0.2) is 41.1 Å². The van der Waals surface area contributed by atoms with Gasteiger partial charge in [-0.2, -0.15) is 0 Å². The van der Waals surface area contributed by atoms with Gasteiger partial charge in [-0.15, -0.1) is 0 Å². The molecule has 29 heavy (non-hydrogen) atoms. The number of imide groups is 1. The van der Waals surface area contributed by atoms with Gasteiger partial charge in [0.25, 0.3) is 0 Å². The van der Waals surface area contributed by atoms with Crippen molar-refractivity contribution in [1.29, 1.82) is 0 Å². The van der Waals surface area contributed by atoms with Gasteiger partial charge < -0.3 is 0 Å². The molecular weight excluding hydrogens is 371 g/mol. The van der Waals surface area contributed by atoms with Gasteiger partial charge in [0.1, 0.15) is 5.82 Å². The van der Waals surface area contributed by atoms with Gasteiger partial charge in [-0.05, 0) is 62.7 Å². The highest BCUT2D eigenvalue weighted by molar-refractivity contribution is 6.24. The van der Waals surface area contributed by atoms with E-state index in [2.05, 4.69) is 0 Å². The lowest BCUT2D eigenvalue weighted by atomic mass is 9.85. The quantitative estimate of drug-likeness (QED) is 0.595. The summed E-state index contributed by atoms with van der Waals surface area (Å²) >= 11 is 0. The number of carbonyl (C=O) groups is 3. The summed E-state index contributed by atoms with van der Waals surface area (Å²) in [6.07, 6.45) is 1.70. The Bertz CT molecular complexity index is 1000. The van der Waals surface area contributed by atoms with Crippen LogP contribution in [0.3, 0.4) is 0 Å². The molecule has 5 nitrogen and oxygen atoms in total. The van der Waals surface area contributed by atoms with Gasteiger partial charge in [0.15, 0.2) is 5.78 Å². The number of nitrogens with zero attached hydrogens (tertiary/aromatic N) is 2. The highest BCUT2D eigenvalue weighted by atomic mass is 19.1. The predicted octanol–water partition coefficient (Wildman–Crippen LogP) is 2.97. The molecule has 0 aromatic heterocycles. The van der Waals surface area contributed by atoms with E-state index < -0.39 is 23.7 Å². The van der Waals surface area contributed by atoms with Crippen LogP contribution >= 0.6 is 0 Å². The van der Waals surface area contributed by atoms with Gasteiger partial charge in [0, 0.05) is 11.6 Å². The second-order valence-electron chi connectivity index (χ2n) is 8.16. The van der Waals surface area contributed by atoms with Gasteiger partial charge in [0.2, 0.25) is 11.8 Å². The van der Waals surface area contributed by atoms with E-state index in [1.54, 1.807) is 12.1 Å². The normalized spacial score (nSPS) is 28.7. The molecule has 0 bridgehead atoms. The van der Waals surface area contributed by atoms with Crippen molar-refractivity contribution in [2.75, 3.05) is 11.4 Å². The van der Waals surface area contributed by atoms with Gasteiger partial charge in [-0.25, -0.2) is 9.29 Å². The largest absolute Gasteiger partial charge is 0.292 e. The first kappa shape index (κ1) is 18.2. The van der Waals surface area contributed by atoms with Crippen molar-refractivity contribution in [1.82, 2.24) is 4.90 Å². The van der Waals surface area contributed by atoms with Crippen LogP contribution in [0.4, 0.5) is 10.1 Å². The molecule has 148 valence electrons. The Hall–Kier alpha value is -2.86. The van der Waals surface area contributed by atoms with Crippen molar-refractivity contribution < 1.29 is 18.8 Å². The number of rotatable bonds is 3. The molecule has 0 spiro atoms. The lowest BCUT2D eigenvalue weighted by molar-refractivity contribution is -0.123. The number of hydrogen-bond acceptors (Lipinski definition) is 4. The van der Waals surface area contributed by atoms with Gasteiger partial charge >= 0.3 is 0 Å². The minimum absolute atomic E-state index is 0.0960. The summed E-state index contributed by atoms with van der Waals surface area (Å²) in [6.45, 7) is 2.64. The summed E-state index contributed by atoms with van der Waals surface area (Å²) in [5.41, 5.74) is 1.97. The molecule has 2 aromatic carbocycles. The first-order chi connectivity index (χ1) is 14.0. The zero-order chi connectivity index (χ0) is 20.3. The Labute approximate surface area is 168 Å². The van der Waals surface area contributed by atoms with Crippen molar-refractivity contribution >= 4 is 23.3 Å². The number of carbonyl (C=O) groups excluding carboxylic acids is 3. The summed E-state index contributed by atoms with van der Waals surface area (Å²) in [6, 6.07) is 11.9. The summed E-state index contributed by atoms with van der Waals surface area (Å²) < 4.78 is 13.3. The summed E-state index contributed by atoms with van der Waals surface area (Å²) in [5, 5.41) is 0. The van der Waals surface area contributed by atoms with E-state index in [0.717, 1.165) is 18.4 Å². The number of anilines is 1. The number of hydrogen-bond donors (Lipinski definition) is 0. The third-order valence-corrected chi connectivity index (χ3v) is 6.54. The fraction of sp³-hybridized carbons (Fsp3) is 0.348. The van der Waals surface area contributed by atoms with Crippen LogP contribution in [0.1, 0.15) is 28.8 Å². The number of fused-ring (bicyclic) bond motifs is 3. The summed E-state index contributed by atoms with van der Waals surface area (Å²) in [7, 11) is 0. The zero-order valence-electron chi connectivity index (χ0n) is 16.0. The Balaban J connectivity index is 1.54. The van der Waals surface area contributed by atoms with Crippen LogP contribution < -0.4 is 4.90 Å². The standard InChI is InChI=1S/C23H21FN2O3/c1-13-4-10-16(11-5-13)26-22(28)18-17-3-2-12-25(17)20(19(18)23(26)29)21(27)14-6-8-15(24)9-7-14/h4-11,17-20H,2-3,12H2,1H3/t17-,18-,19-,20+/m0/s1. The zero-order valence-corrected chi connectivity index (χ0v) is 16.0. The molecule has 6 heteroatoms. The van der Waals surface area contributed by atoms with Gasteiger partial charge in [0.05, 0.1) is 23.6 Å². The smallest absolute Gasteiger partial charge is 0.239 e. The van der Waals surface area contributed by atoms with E-state index in [1.165, 1.54) is 29.2 Å². The van der Waals surface area contributed by atoms with E-state index in [1.807, 2.05) is 24.0 Å². The van der Waals surface area contributed by atoms with E-state index in [-0.39, 0.29) is 23.6 Å². The third-order valence-electron chi connectivity index (χ3n) is 6.54. The van der Waals surface area contributed by atoms with E-state index in [9.17, 15) is 18.8 Å². The molecule has 5 rings (SSSR count). The number of aryl methyl sites for hydroxylation is 1. The van der Waals surface area contributed by atoms with E-state index >= 15 is 0 Å². The first-order valence-electron chi connectivity index (χ1n) is 9.97. The molecule has 3 aliphatic rings. The summed E-state index contributed by atoms with van der Waals surface area (Å²) in [4.78, 5) is 43.3. The molecule has 4 atom stereocenters. The molecule has 0 N–H and O–H groups in total. The molecule has 2 amide bonds. The Morgan fingerprint density at radius 2 is 1.62 bits per heavy atom. The number of amides is 2. The van der Waals surface area contributed by atoms with Crippen molar-refractivity contribution in [3.8, 4) is 0 Å². The van der Waals surface area contributed by atoms with Crippen molar-refractivity contribution in [2.45, 2.75) is 31.8 Å². The monoisotopic (exact) mass is 392 g/mol. The molecule has 3 aliphatic heterocycles. The molecule has 3 heterocycles. The van der Waals surface area contributed by atoms with Crippen LogP contribution in [0.2, 0.25) is 0 Å². The SMILES string of the molecule is Cc1ccc(N2C(=O)[C@@H]3[C@H](C2=O)[C@H](C(=O)c2ccc(F)cc2)N2CCC[C@@H]32)cc1. The van der Waals surface area contributed by atoms with Crippen molar-refractivity contribution in [2.24, 2.45) is 11.8 Å². The van der Waals surface area contributed by atoms with E-state index in [0.29, 0.717) is 17.8 Å². The molecule has 3 saturated heterocycles. The molecule has 0 aliphatic carbocycles. The van der Waals surface area contributed by atoms with Crippen LogP contribution in [0, 0.1) is 24.6 Å². The second kappa shape index (κ2) is 6.59. The maximum atomic E-state index is 13.4. The van der Waals surface area contributed by atoms with Crippen molar-refractivity contribution in [3.63, 3.8) is 0 Å². The highest BCUT2D eigenvalue weighted by Gasteiger charge is 2.64. The lowest BCUT2D eigenvalue weighted by Crippen LogP contribution is -2.46. The lowest BCUT2D eigenvalue weighted by Gasteiger charge is -2.27. The topological polar surface area (TPSA) is 57.7 Å². The maximum absolute atomic E-state index is 13.4. The maximum Gasteiger partial charge on any atom is 0.239 e. The first-order valence-corrected chi connectivity index (χ1v) is 9.97.